The molecule has 0 heterocycles. The maximum Gasteiger partial charge on any atom is 0.326 e. The molecule has 1 amide bonds. The molecule has 1 atom stereocenters. The van der Waals surface area contributed by atoms with Crippen molar-refractivity contribution in [3.8, 4) is 0 Å². The fourth-order valence-corrected chi connectivity index (χ4v) is 1.92. The Kier molecular flexibility index (Phi) is 6.39. The molecule has 0 saturated carbocycles. The summed E-state index contributed by atoms with van der Waals surface area (Å²) in [5, 5.41) is 17.7. The smallest absolute Gasteiger partial charge is 0.326 e. The van der Waals surface area contributed by atoms with Crippen molar-refractivity contribution in [3.63, 3.8) is 0 Å². The topological polar surface area (TPSA) is 94.9 Å². The number of aryl methyl sites for hydroxylation is 1. The summed E-state index contributed by atoms with van der Waals surface area (Å²) in [6, 6.07) is 8.33. The lowest BCUT2D eigenvalue weighted by Gasteiger charge is -2.26. The molecule has 0 spiro atoms. The lowest BCUT2D eigenvalue weighted by molar-refractivity contribution is -0.150. The first kappa shape index (κ1) is 16.7. The van der Waals surface area contributed by atoms with Crippen LogP contribution in [-0.4, -0.2) is 45.5 Å². The van der Waals surface area contributed by atoms with Crippen molar-refractivity contribution in [3.05, 3.63) is 35.9 Å². The van der Waals surface area contributed by atoms with Gasteiger partial charge in [-0.15, -0.1) is 0 Å². The summed E-state index contributed by atoms with van der Waals surface area (Å²) in [5.41, 5.74) is 0.979. The van der Waals surface area contributed by atoms with E-state index in [4.69, 9.17) is 10.2 Å². The molecule has 0 aliphatic carbocycles. The van der Waals surface area contributed by atoms with Crippen molar-refractivity contribution < 1.29 is 24.6 Å². The first-order valence-electron chi connectivity index (χ1n) is 6.69. The normalized spacial score (nSPS) is 11.7. The second-order valence-electron chi connectivity index (χ2n) is 4.73. The van der Waals surface area contributed by atoms with Gasteiger partial charge in [-0.05, 0) is 18.9 Å². The number of benzene rings is 1. The molecular weight excluding hydrogens is 274 g/mol. The molecule has 21 heavy (non-hydrogen) atoms. The van der Waals surface area contributed by atoms with Crippen molar-refractivity contribution in [2.45, 2.75) is 32.2 Å². The van der Waals surface area contributed by atoms with Crippen LogP contribution in [0, 0.1) is 0 Å². The number of rotatable bonds is 8. The summed E-state index contributed by atoms with van der Waals surface area (Å²) < 4.78 is 0. The molecule has 0 bridgehead atoms. The van der Waals surface area contributed by atoms with E-state index >= 15 is 0 Å². The lowest BCUT2D eigenvalue weighted by atomic mass is 10.1. The first-order chi connectivity index (χ1) is 9.91. The highest BCUT2D eigenvalue weighted by Crippen LogP contribution is 2.09. The van der Waals surface area contributed by atoms with Gasteiger partial charge in [-0.2, -0.15) is 0 Å². The van der Waals surface area contributed by atoms with Gasteiger partial charge in [-0.1, -0.05) is 30.3 Å². The molecule has 0 radical (unpaired) electrons. The number of aliphatic carboxylic acids is 2. The van der Waals surface area contributed by atoms with Crippen LogP contribution in [0.15, 0.2) is 30.3 Å². The Morgan fingerprint density at radius 2 is 1.71 bits per heavy atom. The number of carbonyl (C=O) groups excluding carboxylic acids is 1. The minimum atomic E-state index is -1.14. The lowest BCUT2D eigenvalue weighted by Crippen LogP contribution is -2.44. The van der Waals surface area contributed by atoms with E-state index in [1.54, 1.807) is 0 Å². The Balaban J connectivity index is 2.65. The number of hydrogen-bond donors (Lipinski definition) is 2. The maximum atomic E-state index is 12.1. The van der Waals surface area contributed by atoms with E-state index in [-0.39, 0.29) is 25.3 Å². The third kappa shape index (κ3) is 5.64. The molecule has 1 aromatic rings. The standard InChI is InChI=1S/C15H19NO5/c1-11(15(20)21)16(10-9-14(18)19)13(17)8-7-12-5-3-2-4-6-12/h2-6,11H,7-10H2,1H3,(H,18,19)(H,20,21). The number of carbonyl (C=O) groups is 3. The van der Waals surface area contributed by atoms with Gasteiger partial charge in [0.05, 0.1) is 6.42 Å². The van der Waals surface area contributed by atoms with Gasteiger partial charge in [0.2, 0.25) is 5.91 Å². The van der Waals surface area contributed by atoms with Crippen LogP contribution in [0.2, 0.25) is 0 Å². The molecule has 6 heteroatoms. The minimum Gasteiger partial charge on any atom is -0.481 e. The zero-order valence-electron chi connectivity index (χ0n) is 11.9. The average Bonchev–Trinajstić information content (AvgIpc) is 2.45. The van der Waals surface area contributed by atoms with Crippen LogP contribution < -0.4 is 0 Å². The van der Waals surface area contributed by atoms with Crippen molar-refractivity contribution in [1.29, 1.82) is 0 Å². The first-order valence-corrected chi connectivity index (χ1v) is 6.69. The average molecular weight is 293 g/mol. The number of hydrogen-bond acceptors (Lipinski definition) is 3. The van der Waals surface area contributed by atoms with Crippen LogP contribution in [-0.2, 0) is 20.8 Å². The van der Waals surface area contributed by atoms with E-state index in [0.29, 0.717) is 6.42 Å². The molecule has 1 unspecified atom stereocenters. The quantitative estimate of drug-likeness (QED) is 0.755. The fourth-order valence-electron chi connectivity index (χ4n) is 1.92. The van der Waals surface area contributed by atoms with Crippen molar-refractivity contribution >= 4 is 17.8 Å². The largest absolute Gasteiger partial charge is 0.481 e. The molecule has 0 fully saturated rings. The maximum absolute atomic E-state index is 12.1. The van der Waals surface area contributed by atoms with Gasteiger partial charge in [0.1, 0.15) is 6.04 Å². The zero-order valence-corrected chi connectivity index (χ0v) is 11.9. The molecule has 2 N–H and O–H groups in total. The van der Waals surface area contributed by atoms with Crippen LogP contribution in [0.1, 0.15) is 25.3 Å². The van der Waals surface area contributed by atoms with E-state index < -0.39 is 18.0 Å². The van der Waals surface area contributed by atoms with Crippen LogP contribution in [0.3, 0.4) is 0 Å². The molecule has 1 rings (SSSR count). The van der Waals surface area contributed by atoms with Gasteiger partial charge in [-0.3, -0.25) is 9.59 Å². The number of nitrogens with zero attached hydrogens (tertiary/aromatic N) is 1. The highest BCUT2D eigenvalue weighted by Gasteiger charge is 2.25. The second-order valence-corrected chi connectivity index (χ2v) is 4.73. The fraction of sp³-hybridized carbons (Fsp3) is 0.400. The van der Waals surface area contributed by atoms with Crippen molar-refractivity contribution in [2.24, 2.45) is 0 Å². The van der Waals surface area contributed by atoms with Gasteiger partial charge in [-0.25, -0.2) is 4.79 Å². The zero-order chi connectivity index (χ0) is 15.8. The number of carboxylic acids is 2. The van der Waals surface area contributed by atoms with Crippen molar-refractivity contribution in [2.75, 3.05) is 6.54 Å². The van der Waals surface area contributed by atoms with Crippen LogP contribution in [0.5, 0.6) is 0 Å². The third-order valence-corrected chi connectivity index (χ3v) is 3.18. The van der Waals surface area contributed by atoms with Gasteiger partial charge < -0.3 is 15.1 Å². The number of amides is 1. The molecule has 114 valence electrons. The predicted octanol–water partition coefficient (Wildman–Crippen LogP) is 1.40. The van der Waals surface area contributed by atoms with Crippen LogP contribution in [0.4, 0.5) is 0 Å². The highest BCUT2D eigenvalue weighted by molar-refractivity contribution is 5.84. The van der Waals surface area contributed by atoms with E-state index in [1.807, 2.05) is 30.3 Å². The Morgan fingerprint density at radius 3 is 2.24 bits per heavy atom. The summed E-state index contributed by atoms with van der Waals surface area (Å²) in [5.74, 6) is -2.56. The van der Waals surface area contributed by atoms with Crippen LogP contribution in [0.25, 0.3) is 0 Å². The molecule has 1 aromatic carbocycles. The SMILES string of the molecule is CC(C(=O)O)N(CCC(=O)O)C(=O)CCc1ccccc1. The summed E-state index contributed by atoms with van der Waals surface area (Å²) in [4.78, 5) is 34.9. The van der Waals surface area contributed by atoms with Gasteiger partial charge in [0.25, 0.3) is 0 Å². The Labute approximate surface area is 123 Å². The molecule has 0 aliphatic heterocycles. The molecule has 0 saturated heterocycles. The second kappa shape index (κ2) is 8.04. The number of carboxylic acid groups (broad SMARTS) is 2. The van der Waals surface area contributed by atoms with Crippen LogP contribution >= 0.6 is 0 Å². The van der Waals surface area contributed by atoms with E-state index in [0.717, 1.165) is 10.5 Å². The summed E-state index contributed by atoms with van der Waals surface area (Å²) >= 11 is 0. The molecular formula is C15H19NO5. The third-order valence-electron chi connectivity index (χ3n) is 3.18. The summed E-state index contributed by atoms with van der Waals surface area (Å²) in [7, 11) is 0. The minimum absolute atomic E-state index is 0.101. The summed E-state index contributed by atoms with van der Waals surface area (Å²) in [6.45, 7) is 1.28. The van der Waals surface area contributed by atoms with E-state index in [2.05, 4.69) is 0 Å². The van der Waals surface area contributed by atoms with E-state index in [9.17, 15) is 14.4 Å². The van der Waals surface area contributed by atoms with Gasteiger partial charge >= 0.3 is 11.9 Å². The van der Waals surface area contributed by atoms with E-state index in [1.165, 1.54) is 6.92 Å². The molecule has 0 aromatic heterocycles. The molecule has 0 aliphatic rings. The summed E-state index contributed by atoms with van der Waals surface area (Å²) in [6.07, 6.45) is 0.380. The van der Waals surface area contributed by atoms with Gasteiger partial charge in [0, 0.05) is 13.0 Å². The predicted molar refractivity (Wildman–Crippen MR) is 75.8 cm³/mol. The Morgan fingerprint density at radius 1 is 1.10 bits per heavy atom. The molecule has 6 nitrogen and oxygen atoms in total. The van der Waals surface area contributed by atoms with Crippen molar-refractivity contribution in [1.82, 2.24) is 4.90 Å². The Bertz CT molecular complexity index is 500. The Hall–Kier alpha value is -2.37. The highest BCUT2D eigenvalue weighted by atomic mass is 16.4. The van der Waals surface area contributed by atoms with Gasteiger partial charge in [0.15, 0.2) is 0 Å². The monoisotopic (exact) mass is 293 g/mol.